The van der Waals surface area contributed by atoms with E-state index in [2.05, 4.69) is 15.1 Å². The molecule has 2 amide bonds. The molecule has 1 aromatic heterocycles. The molecule has 162 valence electrons. The van der Waals surface area contributed by atoms with Gasteiger partial charge in [0.25, 0.3) is 5.91 Å². The van der Waals surface area contributed by atoms with Crippen LogP contribution in [0.5, 0.6) is 0 Å². The van der Waals surface area contributed by atoms with Crippen LogP contribution in [0.2, 0.25) is 0 Å². The lowest BCUT2D eigenvalue weighted by atomic mass is 9.92. The van der Waals surface area contributed by atoms with Gasteiger partial charge in [-0.25, -0.2) is 28.1 Å². The van der Waals surface area contributed by atoms with Crippen LogP contribution in [-0.4, -0.2) is 52.3 Å². The molecule has 8 nitrogen and oxygen atoms in total. The number of primary amides is 1. The normalized spacial score (nSPS) is 23.3. The van der Waals surface area contributed by atoms with Gasteiger partial charge >= 0.3 is 0 Å². The molecule has 0 radical (unpaired) electrons. The summed E-state index contributed by atoms with van der Waals surface area (Å²) < 4.78 is 42.2. The Bertz CT molecular complexity index is 1030. The number of nitrogens with two attached hydrogens (primary N) is 1. The van der Waals surface area contributed by atoms with Crippen molar-refractivity contribution in [2.75, 3.05) is 18.0 Å². The van der Waals surface area contributed by atoms with Crippen molar-refractivity contribution in [1.82, 2.24) is 15.0 Å². The first-order valence-corrected chi connectivity index (χ1v) is 9.66. The average Bonchev–Trinajstić information content (AvgIpc) is 3.22. The number of hydrazone groups is 1. The molecule has 0 unspecified atom stereocenters. The first kappa shape index (κ1) is 20.8. The van der Waals surface area contributed by atoms with Gasteiger partial charge in [-0.3, -0.25) is 9.59 Å². The Morgan fingerprint density at radius 3 is 2.52 bits per heavy atom. The smallest absolute Gasteiger partial charge is 0.267 e. The van der Waals surface area contributed by atoms with Gasteiger partial charge in [0.1, 0.15) is 35.6 Å². The molecule has 3 atom stereocenters. The predicted molar refractivity (Wildman–Crippen MR) is 105 cm³/mol. The lowest BCUT2D eigenvalue weighted by Crippen LogP contribution is -2.48. The van der Waals surface area contributed by atoms with Crippen LogP contribution in [0.4, 0.5) is 19.0 Å². The van der Waals surface area contributed by atoms with Gasteiger partial charge in [0.2, 0.25) is 5.91 Å². The van der Waals surface area contributed by atoms with Gasteiger partial charge in [-0.05, 0) is 24.1 Å². The molecule has 3 heterocycles. The molecule has 11 heteroatoms. The highest BCUT2D eigenvalue weighted by Crippen LogP contribution is 2.34. The zero-order valence-electron chi connectivity index (χ0n) is 16.3. The second-order valence-corrected chi connectivity index (χ2v) is 7.42. The summed E-state index contributed by atoms with van der Waals surface area (Å²) in [7, 11) is 0. The fourth-order valence-electron chi connectivity index (χ4n) is 3.89. The van der Waals surface area contributed by atoms with Crippen LogP contribution >= 0.6 is 0 Å². The number of anilines is 1. The fraction of sp³-hybridized carbons (Fsp3) is 0.350. The third kappa shape index (κ3) is 4.21. The van der Waals surface area contributed by atoms with Crippen molar-refractivity contribution in [3.8, 4) is 0 Å². The van der Waals surface area contributed by atoms with Crippen LogP contribution in [-0.2, 0) is 4.79 Å². The van der Waals surface area contributed by atoms with E-state index >= 15 is 4.39 Å². The summed E-state index contributed by atoms with van der Waals surface area (Å²) in [5.41, 5.74) is 5.49. The molecule has 2 aromatic rings. The highest BCUT2D eigenvalue weighted by Gasteiger charge is 2.40. The number of carbonyl (C=O) groups excluding carboxylic acids is 2. The lowest BCUT2D eigenvalue weighted by Gasteiger charge is -2.36. The summed E-state index contributed by atoms with van der Waals surface area (Å²) in [5.74, 6) is -3.42. The number of amides is 2. The van der Waals surface area contributed by atoms with Crippen LogP contribution in [0, 0.1) is 17.6 Å². The summed E-state index contributed by atoms with van der Waals surface area (Å²) >= 11 is 0. The van der Waals surface area contributed by atoms with Crippen molar-refractivity contribution in [3.63, 3.8) is 0 Å². The van der Waals surface area contributed by atoms with Crippen LogP contribution in [0.1, 0.15) is 34.9 Å². The Morgan fingerprint density at radius 2 is 1.84 bits per heavy atom. The SMILES string of the molecule is NC(=O)c1cc(N2CC[C@@H](C(=O)N3N=CC[C@@H]3c3cc(F)cc(F)c3)[C@H](F)C2)ncn1. The Labute approximate surface area is 175 Å². The van der Waals surface area contributed by atoms with E-state index in [0.717, 1.165) is 23.2 Å². The highest BCUT2D eigenvalue weighted by molar-refractivity contribution is 5.91. The number of benzene rings is 1. The molecule has 1 fully saturated rings. The molecule has 0 aliphatic carbocycles. The number of hydrogen-bond donors (Lipinski definition) is 1. The van der Waals surface area contributed by atoms with Gasteiger partial charge in [0.15, 0.2) is 0 Å². The van der Waals surface area contributed by atoms with E-state index in [0.29, 0.717) is 12.4 Å². The molecular weight excluding hydrogens is 413 g/mol. The van der Waals surface area contributed by atoms with Gasteiger partial charge in [-0.2, -0.15) is 5.10 Å². The Kier molecular flexibility index (Phi) is 5.57. The van der Waals surface area contributed by atoms with E-state index < -0.39 is 41.6 Å². The quantitative estimate of drug-likeness (QED) is 0.796. The van der Waals surface area contributed by atoms with Crippen LogP contribution in [0.25, 0.3) is 0 Å². The summed E-state index contributed by atoms with van der Waals surface area (Å²) in [5, 5.41) is 5.14. The maximum atomic E-state index is 15.0. The molecule has 0 saturated carbocycles. The van der Waals surface area contributed by atoms with Gasteiger partial charge in [-0.15, -0.1) is 0 Å². The third-order valence-electron chi connectivity index (χ3n) is 5.41. The topological polar surface area (TPSA) is 105 Å². The van der Waals surface area contributed by atoms with Gasteiger partial charge < -0.3 is 10.6 Å². The molecule has 2 aliphatic heterocycles. The number of hydrogen-bond acceptors (Lipinski definition) is 6. The lowest BCUT2D eigenvalue weighted by molar-refractivity contribution is -0.140. The van der Waals surface area contributed by atoms with Gasteiger partial charge in [0, 0.05) is 31.3 Å². The molecule has 2 aliphatic rings. The zero-order chi connectivity index (χ0) is 22.1. The second kappa shape index (κ2) is 8.32. The van der Waals surface area contributed by atoms with Crippen molar-refractivity contribution in [1.29, 1.82) is 0 Å². The number of aromatic nitrogens is 2. The maximum Gasteiger partial charge on any atom is 0.267 e. The van der Waals surface area contributed by atoms with Crippen molar-refractivity contribution in [2.45, 2.75) is 25.1 Å². The number of nitrogens with zero attached hydrogens (tertiary/aromatic N) is 5. The first-order valence-electron chi connectivity index (χ1n) is 9.66. The summed E-state index contributed by atoms with van der Waals surface area (Å²) in [6.07, 6.45) is 1.56. The summed E-state index contributed by atoms with van der Waals surface area (Å²) in [6.45, 7) is 0.186. The van der Waals surface area contributed by atoms with Gasteiger partial charge in [-0.1, -0.05) is 0 Å². The predicted octanol–water partition coefficient (Wildman–Crippen LogP) is 1.98. The zero-order valence-corrected chi connectivity index (χ0v) is 16.3. The van der Waals surface area contributed by atoms with E-state index in [1.54, 1.807) is 4.90 Å². The van der Waals surface area contributed by atoms with Crippen LogP contribution in [0.15, 0.2) is 35.7 Å². The van der Waals surface area contributed by atoms with E-state index in [4.69, 9.17) is 5.73 Å². The van der Waals surface area contributed by atoms with Crippen molar-refractivity contribution in [3.05, 3.63) is 53.5 Å². The molecule has 4 rings (SSSR count). The minimum Gasteiger partial charge on any atom is -0.364 e. The van der Waals surface area contributed by atoms with Crippen LogP contribution in [0.3, 0.4) is 0 Å². The first-order chi connectivity index (χ1) is 14.8. The Morgan fingerprint density at radius 1 is 1.10 bits per heavy atom. The molecule has 2 N–H and O–H groups in total. The number of alkyl halides is 1. The second-order valence-electron chi connectivity index (χ2n) is 7.42. The molecule has 1 saturated heterocycles. The molecule has 0 spiro atoms. The summed E-state index contributed by atoms with van der Waals surface area (Å²) in [4.78, 5) is 33.8. The largest absolute Gasteiger partial charge is 0.364 e. The number of halogens is 3. The van der Waals surface area contributed by atoms with Crippen molar-refractivity contribution >= 4 is 23.8 Å². The molecular formula is C20H19F3N6O2. The Hall–Kier alpha value is -3.50. The van der Waals surface area contributed by atoms with Crippen molar-refractivity contribution in [2.24, 2.45) is 16.8 Å². The highest BCUT2D eigenvalue weighted by atomic mass is 19.1. The minimum atomic E-state index is -1.53. The molecule has 0 bridgehead atoms. The molecule has 31 heavy (non-hydrogen) atoms. The van der Waals surface area contributed by atoms with E-state index in [1.165, 1.54) is 18.6 Å². The Balaban J connectivity index is 1.48. The van der Waals surface area contributed by atoms with Crippen LogP contribution < -0.4 is 10.6 Å². The average molecular weight is 432 g/mol. The monoisotopic (exact) mass is 432 g/mol. The number of piperidine rings is 1. The van der Waals surface area contributed by atoms with E-state index in [9.17, 15) is 18.4 Å². The minimum absolute atomic E-state index is 0.00943. The maximum absolute atomic E-state index is 15.0. The van der Waals surface area contributed by atoms with Gasteiger partial charge in [0.05, 0.1) is 18.5 Å². The van der Waals surface area contributed by atoms with E-state index in [-0.39, 0.29) is 30.6 Å². The third-order valence-corrected chi connectivity index (χ3v) is 5.41. The van der Waals surface area contributed by atoms with Crippen molar-refractivity contribution < 1.29 is 22.8 Å². The molecule has 1 aromatic carbocycles. The van der Waals surface area contributed by atoms with E-state index in [1.807, 2.05) is 0 Å². The fourth-order valence-corrected chi connectivity index (χ4v) is 3.89. The number of carbonyl (C=O) groups is 2. The number of rotatable bonds is 4. The standard InChI is InChI=1S/C20H19F3N6O2/c21-12-5-11(6-13(22)7-12)17-1-3-27-29(17)20(31)14-2-4-28(9-15(14)23)18-8-16(19(24)30)25-10-26-18/h3,5-8,10,14-15,17H,1-2,4,9H2,(H2,24,30)/t14-,15-,17-/m1/s1. The summed E-state index contributed by atoms with van der Waals surface area (Å²) in [6, 6.07) is 3.71.